The molecule has 0 radical (unpaired) electrons. The van der Waals surface area contributed by atoms with E-state index in [9.17, 15) is 0 Å². The van der Waals surface area contributed by atoms with Crippen LogP contribution in [-0.4, -0.2) is 48.1 Å². The van der Waals surface area contributed by atoms with Gasteiger partial charge in [0.05, 0.1) is 5.88 Å². The molecule has 1 fully saturated rings. The fourth-order valence-electron chi connectivity index (χ4n) is 2.19. The Morgan fingerprint density at radius 2 is 2.11 bits per heavy atom. The van der Waals surface area contributed by atoms with Crippen molar-refractivity contribution in [1.29, 1.82) is 0 Å². The summed E-state index contributed by atoms with van der Waals surface area (Å²) in [4.78, 5) is 13.5. The predicted octanol–water partition coefficient (Wildman–Crippen LogP) is 2.06. The second kappa shape index (κ2) is 6.34. The number of hydrogen-bond acceptors (Lipinski definition) is 4. The Labute approximate surface area is 114 Å². The molecule has 4 nitrogen and oxygen atoms in total. The quantitative estimate of drug-likeness (QED) is 0.765. The summed E-state index contributed by atoms with van der Waals surface area (Å²) < 4.78 is 0. The molecule has 1 aromatic rings. The average Bonchev–Trinajstić information content (AvgIpc) is 2.89. The van der Waals surface area contributed by atoms with Crippen LogP contribution >= 0.6 is 11.6 Å². The number of likely N-dealkylation sites (tertiary alicyclic amines) is 1. The standard InChI is InChI=1S/C13H21ClN4/c1-11-12(9-14)10-15-13(16-11)17(2)7-8-18-5-3-4-6-18/h10H,3-9H2,1-2H3. The molecule has 1 aliphatic heterocycles. The monoisotopic (exact) mass is 268 g/mol. The second-order valence-electron chi connectivity index (χ2n) is 4.88. The lowest BCUT2D eigenvalue weighted by molar-refractivity contribution is 0.346. The van der Waals surface area contributed by atoms with Gasteiger partial charge in [-0.1, -0.05) is 0 Å². The lowest BCUT2D eigenvalue weighted by atomic mass is 10.3. The Bertz CT molecular complexity index is 391. The van der Waals surface area contributed by atoms with Gasteiger partial charge in [0.25, 0.3) is 0 Å². The van der Waals surface area contributed by atoms with Gasteiger partial charge in [0.1, 0.15) is 0 Å². The van der Waals surface area contributed by atoms with Gasteiger partial charge in [-0.25, -0.2) is 9.97 Å². The molecule has 0 atom stereocenters. The van der Waals surface area contributed by atoms with Crippen LogP contribution in [0.15, 0.2) is 6.20 Å². The minimum Gasteiger partial charge on any atom is -0.343 e. The molecular weight excluding hydrogens is 248 g/mol. The van der Waals surface area contributed by atoms with Gasteiger partial charge in [-0.2, -0.15) is 0 Å². The third-order valence-corrected chi connectivity index (χ3v) is 3.79. The van der Waals surface area contributed by atoms with Gasteiger partial charge in [0, 0.05) is 37.6 Å². The molecule has 0 amide bonds. The van der Waals surface area contributed by atoms with Crippen molar-refractivity contribution in [1.82, 2.24) is 14.9 Å². The highest BCUT2D eigenvalue weighted by Gasteiger charge is 2.13. The Morgan fingerprint density at radius 3 is 2.72 bits per heavy atom. The molecule has 0 bridgehead atoms. The highest BCUT2D eigenvalue weighted by molar-refractivity contribution is 6.17. The lowest BCUT2D eigenvalue weighted by Gasteiger charge is -2.21. The van der Waals surface area contributed by atoms with E-state index in [1.165, 1.54) is 25.9 Å². The topological polar surface area (TPSA) is 32.3 Å². The minimum absolute atomic E-state index is 0.476. The third-order valence-electron chi connectivity index (χ3n) is 3.50. The fraction of sp³-hybridized carbons (Fsp3) is 0.692. The van der Waals surface area contributed by atoms with Crippen molar-refractivity contribution in [3.05, 3.63) is 17.5 Å². The van der Waals surface area contributed by atoms with Crippen molar-refractivity contribution >= 4 is 17.5 Å². The predicted molar refractivity (Wildman–Crippen MR) is 75.3 cm³/mol. The third kappa shape index (κ3) is 3.33. The van der Waals surface area contributed by atoms with Crippen LogP contribution in [-0.2, 0) is 5.88 Å². The van der Waals surface area contributed by atoms with Crippen LogP contribution in [0.25, 0.3) is 0 Å². The van der Waals surface area contributed by atoms with Gasteiger partial charge in [0.15, 0.2) is 0 Å². The second-order valence-corrected chi connectivity index (χ2v) is 5.15. The summed E-state index contributed by atoms with van der Waals surface area (Å²) in [5, 5.41) is 0. The first-order valence-corrected chi connectivity index (χ1v) is 7.06. The summed E-state index contributed by atoms with van der Waals surface area (Å²) in [6, 6.07) is 0. The molecule has 2 heterocycles. The van der Waals surface area contributed by atoms with Crippen molar-refractivity contribution < 1.29 is 0 Å². The van der Waals surface area contributed by atoms with E-state index in [-0.39, 0.29) is 0 Å². The number of rotatable bonds is 5. The van der Waals surface area contributed by atoms with Crippen LogP contribution < -0.4 is 4.90 Å². The maximum absolute atomic E-state index is 5.81. The molecule has 1 aromatic heterocycles. The summed E-state index contributed by atoms with van der Waals surface area (Å²) in [6.07, 6.45) is 4.50. The largest absolute Gasteiger partial charge is 0.343 e. The summed E-state index contributed by atoms with van der Waals surface area (Å²) in [7, 11) is 2.05. The number of likely N-dealkylation sites (N-methyl/N-ethyl adjacent to an activating group) is 1. The molecule has 1 saturated heterocycles. The van der Waals surface area contributed by atoms with Gasteiger partial charge in [-0.15, -0.1) is 11.6 Å². The molecule has 18 heavy (non-hydrogen) atoms. The van der Waals surface area contributed by atoms with E-state index in [0.717, 1.165) is 30.3 Å². The molecule has 0 saturated carbocycles. The molecule has 5 heteroatoms. The number of anilines is 1. The molecule has 2 rings (SSSR count). The van der Waals surface area contributed by atoms with E-state index in [1.807, 2.05) is 20.2 Å². The highest BCUT2D eigenvalue weighted by Crippen LogP contribution is 2.12. The number of alkyl halides is 1. The van der Waals surface area contributed by atoms with Gasteiger partial charge >= 0.3 is 0 Å². The Kier molecular flexibility index (Phi) is 4.78. The summed E-state index contributed by atoms with van der Waals surface area (Å²) in [6.45, 7) is 6.52. The molecule has 0 unspecified atom stereocenters. The zero-order valence-corrected chi connectivity index (χ0v) is 11.9. The molecular formula is C13H21ClN4. The average molecular weight is 269 g/mol. The number of aryl methyl sites for hydroxylation is 1. The van der Waals surface area contributed by atoms with Gasteiger partial charge < -0.3 is 9.80 Å². The molecule has 0 aromatic carbocycles. The van der Waals surface area contributed by atoms with Crippen molar-refractivity contribution in [2.45, 2.75) is 25.6 Å². The highest BCUT2D eigenvalue weighted by atomic mass is 35.5. The molecule has 0 aliphatic carbocycles. The van der Waals surface area contributed by atoms with E-state index in [1.54, 1.807) is 0 Å². The summed E-state index contributed by atoms with van der Waals surface area (Å²) in [5.74, 6) is 1.27. The van der Waals surface area contributed by atoms with Crippen molar-refractivity contribution in [3.8, 4) is 0 Å². The maximum Gasteiger partial charge on any atom is 0.225 e. The van der Waals surface area contributed by atoms with Crippen molar-refractivity contribution in [3.63, 3.8) is 0 Å². The van der Waals surface area contributed by atoms with E-state index in [2.05, 4.69) is 19.8 Å². The number of halogens is 1. The van der Waals surface area contributed by atoms with Gasteiger partial charge in [-0.05, 0) is 32.9 Å². The zero-order chi connectivity index (χ0) is 13.0. The summed E-state index contributed by atoms with van der Waals surface area (Å²) >= 11 is 5.81. The smallest absolute Gasteiger partial charge is 0.225 e. The lowest BCUT2D eigenvalue weighted by Crippen LogP contribution is -2.32. The van der Waals surface area contributed by atoms with Crippen molar-refractivity contribution in [2.24, 2.45) is 0 Å². The number of aromatic nitrogens is 2. The first kappa shape index (κ1) is 13.6. The summed E-state index contributed by atoms with van der Waals surface area (Å²) in [5.41, 5.74) is 1.98. The number of nitrogens with zero attached hydrogens (tertiary/aromatic N) is 4. The van der Waals surface area contributed by atoms with E-state index in [4.69, 9.17) is 11.6 Å². The number of hydrogen-bond donors (Lipinski definition) is 0. The van der Waals surface area contributed by atoms with Crippen LogP contribution in [0.3, 0.4) is 0 Å². The zero-order valence-electron chi connectivity index (χ0n) is 11.2. The first-order valence-electron chi connectivity index (χ1n) is 6.52. The normalized spacial score (nSPS) is 16.2. The van der Waals surface area contributed by atoms with Crippen LogP contribution in [0, 0.1) is 6.92 Å². The molecule has 0 N–H and O–H groups in total. The molecule has 0 spiro atoms. The first-order chi connectivity index (χ1) is 8.70. The van der Waals surface area contributed by atoms with E-state index >= 15 is 0 Å². The SMILES string of the molecule is Cc1nc(N(C)CCN2CCCC2)ncc1CCl. The van der Waals surface area contributed by atoms with Crippen LogP contribution in [0.1, 0.15) is 24.1 Å². The van der Waals surface area contributed by atoms with Crippen LogP contribution in [0.4, 0.5) is 5.95 Å². The van der Waals surface area contributed by atoms with E-state index < -0.39 is 0 Å². The van der Waals surface area contributed by atoms with Crippen LogP contribution in [0.2, 0.25) is 0 Å². The molecule has 1 aliphatic rings. The minimum atomic E-state index is 0.476. The van der Waals surface area contributed by atoms with Gasteiger partial charge in [0.2, 0.25) is 5.95 Å². The molecule has 100 valence electrons. The fourth-order valence-corrected chi connectivity index (χ4v) is 2.45. The Hall–Kier alpha value is -0.870. The van der Waals surface area contributed by atoms with Gasteiger partial charge in [-0.3, -0.25) is 0 Å². The maximum atomic E-state index is 5.81. The van der Waals surface area contributed by atoms with Crippen molar-refractivity contribution in [2.75, 3.05) is 38.1 Å². The Balaban J connectivity index is 1.91. The Morgan fingerprint density at radius 1 is 1.39 bits per heavy atom. The van der Waals surface area contributed by atoms with Crippen LogP contribution in [0.5, 0.6) is 0 Å². The van der Waals surface area contributed by atoms with E-state index in [0.29, 0.717) is 5.88 Å².